The molecule has 1 saturated heterocycles. The summed E-state index contributed by atoms with van der Waals surface area (Å²) in [5, 5.41) is 11.3. The molecule has 1 aliphatic rings. The van der Waals surface area contributed by atoms with Crippen LogP contribution >= 0.6 is 0 Å². The van der Waals surface area contributed by atoms with Crippen molar-refractivity contribution in [1.82, 2.24) is 5.32 Å². The second-order valence-electron chi connectivity index (χ2n) is 4.64. The Kier molecular flexibility index (Phi) is 4.34. The summed E-state index contributed by atoms with van der Waals surface area (Å²) in [4.78, 5) is 33.5. The molecule has 0 radical (unpaired) electrons. The van der Waals surface area contributed by atoms with Crippen molar-refractivity contribution in [1.29, 1.82) is 0 Å². The average Bonchev–Trinajstić information content (AvgIpc) is 2.77. The molecule has 106 valence electrons. The van der Waals surface area contributed by atoms with E-state index in [1.807, 2.05) is 0 Å². The van der Waals surface area contributed by atoms with Crippen molar-refractivity contribution in [3.63, 3.8) is 0 Å². The van der Waals surface area contributed by atoms with Gasteiger partial charge in [-0.2, -0.15) is 0 Å². The van der Waals surface area contributed by atoms with Crippen LogP contribution in [0.25, 0.3) is 0 Å². The maximum absolute atomic E-state index is 11.8. The number of nitrogens with one attached hydrogen (secondary N) is 1. The SMILES string of the molecule is O=C(O)Cc1ccc(CC(=O)N[C@@H]2CCOC2=O)cc1. The number of aliphatic carboxylic acids is 1. The third-order valence-electron chi connectivity index (χ3n) is 3.01. The molecule has 2 N–H and O–H groups in total. The summed E-state index contributed by atoms with van der Waals surface area (Å²) in [6.07, 6.45) is 0.611. The van der Waals surface area contributed by atoms with E-state index in [9.17, 15) is 14.4 Å². The monoisotopic (exact) mass is 277 g/mol. The van der Waals surface area contributed by atoms with Gasteiger partial charge in [0.1, 0.15) is 6.04 Å². The molecule has 1 atom stereocenters. The molecule has 0 unspecified atom stereocenters. The van der Waals surface area contributed by atoms with Crippen molar-refractivity contribution in [2.24, 2.45) is 0 Å². The topological polar surface area (TPSA) is 92.7 Å². The molecule has 0 aliphatic carbocycles. The van der Waals surface area contributed by atoms with Crippen LogP contribution in [-0.4, -0.2) is 35.6 Å². The number of cyclic esters (lactones) is 1. The van der Waals surface area contributed by atoms with Gasteiger partial charge in [-0.3, -0.25) is 9.59 Å². The minimum Gasteiger partial charge on any atom is -0.481 e. The Balaban J connectivity index is 1.87. The average molecular weight is 277 g/mol. The number of benzene rings is 1. The highest BCUT2D eigenvalue weighted by molar-refractivity contribution is 5.86. The van der Waals surface area contributed by atoms with Gasteiger partial charge in [-0.25, -0.2) is 4.79 Å². The van der Waals surface area contributed by atoms with E-state index >= 15 is 0 Å². The van der Waals surface area contributed by atoms with Crippen LogP contribution in [0.15, 0.2) is 24.3 Å². The van der Waals surface area contributed by atoms with Crippen LogP contribution in [0.5, 0.6) is 0 Å². The van der Waals surface area contributed by atoms with Crippen molar-refractivity contribution < 1.29 is 24.2 Å². The Morgan fingerprint density at radius 1 is 1.20 bits per heavy atom. The summed E-state index contributed by atoms with van der Waals surface area (Å²) >= 11 is 0. The molecule has 6 nitrogen and oxygen atoms in total. The Bertz CT molecular complexity index is 523. The summed E-state index contributed by atoms with van der Waals surface area (Å²) < 4.78 is 4.76. The zero-order valence-corrected chi connectivity index (χ0v) is 10.8. The molecule has 0 bridgehead atoms. The number of hydrogen-bond acceptors (Lipinski definition) is 4. The standard InChI is InChI=1S/C14H15NO5/c16-12(15-11-5-6-20-14(11)19)7-9-1-3-10(4-2-9)8-13(17)18/h1-4,11H,5-8H2,(H,15,16)(H,17,18)/t11-/m1/s1. The first-order valence-electron chi connectivity index (χ1n) is 6.30. The van der Waals surface area contributed by atoms with Gasteiger partial charge in [0, 0.05) is 6.42 Å². The van der Waals surface area contributed by atoms with Crippen LogP contribution in [0.4, 0.5) is 0 Å². The largest absolute Gasteiger partial charge is 0.481 e. The van der Waals surface area contributed by atoms with Crippen molar-refractivity contribution in [2.75, 3.05) is 6.61 Å². The number of carboxylic acid groups (broad SMARTS) is 1. The van der Waals surface area contributed by atoms with Crippen LogP contribution in [0.3, 0.4) is 0 Å². The van der Waals surface area contributed by atoms with E-state index < -0.39 is 18.0 Å². The van der Waals surface area contributed by atoms with E-state index in [0.29, 0.717) is 18.6 Å². The highest BCUT2D eigenvalue weighted by Gasteiger charge is 2.27. The molecule has 1 fully saturated rings. The van der Waals surface area contributed by atoms with Crippen molar-refractivity contribution in [2.45, 2.75) is 25.3 Å². The molecular weight excluding hydrogens is 262 g/mol. The number of ether oxygens (including phenoxy) is 1. The highest BCUT2D eigenvalue weighted by atomic mass is 16.5. The summed E-state index contributed by atoms with van der Waals surface area (Å²) in [5.74, 6) is -1.54. The van der Waals surface area contributed by atoms with Gasteiger partial charge in [0.05, 0.1) is 19.4 Å². The van der Waals surface area contributed by atoms with E-state index in [1.54, 1.807) is 24.3 Å². The molecule has 0 saturated carbocycles. The third-order valence-corrected chi connectivity index (χ3v) is 3.01. The molecule has 1 heterocycles. The van der Waals surface area contributed by atoms with Gasteiger partial charge in [-0.05, 0) is 11.1 Å². The lowest BCUT2D eigenvalue weighted by molar-refractivity contribution is -0.141. The van der Waals surface area contributed by atoms with Crippen molar-refractivity contribution in [3.05, 3.63) is 35.4 Å². The normalized spacial score (nSPS) is 17.6. The molecule has 6 heteroatoms. The van der Waals surface area contributed by atoms with Gasteiger partial charge in [0.2, 0.25) is 5.91 Å². The second kappa shape index (κ2) is 6.18. The maximum atomic E-state index is 11.8. The Labute approximate surface area is 115 Å². The zero-order chi connectivity index (χ0) is 14.5. The number of carbonyl (C=O) groups is 3. The smallest absolute Gasteiger partial charge is 0.328 e. The summed E-state index contributed by atoms with van der Waals surface area (Å²) in [5.41, 5.74) is 1.45. The molecule has 1 aliphatic heterocycles. The molecule has 0 aromatic heterocycles. The Morgan fingerprint density at radius 2 is 1.80 bits per heavy atom. The summed E-state index contributed by atoms with van der Waals surface area (Å²) in [6, 6.07) is 6.24. The lowest BCUT2D eigenvalue weighted by Crippen LogP contribution is -2.38. The van der Waals surface area contributed by atoms with Crippen molar-refractivity contribution in [3.8, 4) is 0 Å². The first-order valence-corrected chi connectivity index (χ1v) is 6.30. The van der Waals surface area contributed by atoms with Gasteiger partial charge in [-0.15, -0.1) is 0 Å². The van der Waals surface area contributed by atoms with Gasteiger partial charge in [-0.1, -0.05) is 24.3 Å². The molecule has 1 aromatic rings. The second-order valence-corrected chi connectivity index (χ2v) is 4.64. The summed E-state index contributed by atoms with van der Waals surface area (Å²) in [7, 11) is 0. The lowest BCUT2D eigenvalue weighted by atomic mass is 10.1. The highest BCUT2D eigenvalue weighted by Crippen LogP contribution is 2.08. The van der Waals surface area contributed by atoms with Gasteiger partial charge >= 0.3 is 11.9 Å². The lowest BCUT2D eigenvalue weighted by Gasteiger charge is -2.09. The third kappa shape index (κ3) is 3.81. The number of rotatable bonds is 5. The molecule has 2 rings (SSSR count). The first kappa shape index (κ1) is 14.0. The van der Waals surface area contributed by atoms with Crippen LogP contribution < -0.4 is 5.32 Å². The molecule has 20 heavy (non-hydrogen) atoms. The summed E-state index contributed by atoms with van der Waals surface area (Å²) in [6.45, 7) is 0.341. The van der Waals surface area contributed by atoms with E-state index in [-0.39, 0.29) is 18.7 Å². The molecular formula is C14H15NO5. The van der Waals surface area contributed by atoms with E-state index in [4.69, 9.17) is 9.84 Å². The molecule has 1 amide bonds. The van der Waals surface area contributed by atoms with E-state index in [1.165, 1.54) is 0 Å². The van der Waals surface area contributed by atoms with Gasteiger partial charge < -0.3 is 15.2 Å². The van der Waals surface area contributed by atoms with Crippen LogP contribution in [0.1, 0.15) is 17.5 Å². The fourth-order valence-corrected chi connectivity index (χ4v) is 2.01. The minimum atomic E-state index is -0.893. The molecule has 0 spiro atoms. The van der Waals surface area contributed by atoms with Gasteiger partial charge in [0.15, 0.2) is 0 Å². The quantitative estimate of drug-likeness (QED) is 0.754. The van der Waals surface area contributed by atoms with E-state index in [2.05, 4.69) is 5.32 Å². The Hall–Kier alpha value is -2.37. The predicted octanol–water partition coefficient (Wildman–Crippen LogP) is 0.288. The first-order chi connectivity index (χ1) is 9.54. The number of carbonyl (C=O) groups excluding carboxylic acids is 2. The number of hydrogen-bond donors (Lipinski definition) is 2. The molecule has 1 aromatic carbocycles. The Morgan fingerprint density at radius 3 is 2.30 bits per heavy atom. The fourth-order valence-electron chi connectivity index (χ4n) is 2.01. The van der Waals surface area contributed by atoms with Crippen molar-refractivity contribution >= 4 is 17.8 Å². The number of carboxylic acids is 1. The van der Waals surface area contributed by atoms with Gasteiger partial charge in [0.25, 0.3) is 0 Å². The zero-order valence-electron chi connectivity index (χ0n) is 10.8. The van der Waals surface area contributed by atoms with E-state index in [0.717, 1.165) is 5.56 Å². The maximum Gasteiger partial charge on any atom is 0.328 e. The minimum absolute atomic E-state index is 0.0413. The van der Waals surface area contributed by atoms with Crippen LogP contribution in [0, 0.1) is 0 Å². The van der Waals surface area contributed by atoms with Crippen LogP contribution in [-0.2, 0) is 32.0 Å². The predicted molar refractivity (Wildman–Crippen MR) is 69.0 cm³/mol. The number of amides is 1. The van der Waals surface area contributed by atoms with Crippen LogP contribution in [0.2, 0.25) is 0 Å². The fraction of sp³-hybridized carbons (Fsp3) is 0.357. The number of esters is 1.